The molecule has 2 atom stereocenters. The number of aliphatic hydroxyl groups is 1. The molecule has 0 bridgehead atoms. The Labute approximate surface area is 215 Å². The number of amides is 1. The van der Waals surface area contributed by atoms with Crippen LogP contribution in [0, 0.1) is 0 Å². The first-order chi connectivity index (χ1) is 17.7. The summed E-state index contributed by atoms with van der Waals surface area (Å²) in [6, 6.07) is 2.08. The van der Waals surface area contributed by atoms with Crippen molar-refractivity contribution in [1.29, 1.82) is 0 Å². The second-order valence-corrected chi connectivity index (χ2v) is 11.5. The molecule has 0 radical (unpaired) electrons. The monoisotopic (exact) mass is 507 g/mol. The quantitative estimate of drug-likeness (QED) is 0.663. The van der Waals surface area contributed by atoms with Crippen LogP contribution in [-0.2, 0) is 16.6 Å². The van der Waals surface area contributed by atoms with Crippen molar-refractivity contribution in [3.8, 4) is 5.75 Å². The van der Waals surface area contributed by atoms with Crippen molar-refractivity contribution >= 4 is 23.8 Å². The van der Waals surface area contributed by atoms with Crippen molar-refractivity contribution in [3.05, 3.63) is 29.3 Å². The minimum absolute atomic E-state index is 0.0747. The maximum absolute atomic E-state index is 12.7. The molecule has 2 aromatic rings. The van der Waals surface area contributed by atoms with Gasteiger partial charge in [-0.2, -0.15) is 4.98 Å². The molecule has 2 fully saturated rings. The molecule has 11 heteroatoms. The molecule has 1 amide bonds. The number of hydrogen-bond acceptors (Lipinski definition) is 10. The highest BCUT2D eigenvalue weighted by Gasteiger charge is 2.43. The van der Waals surface area contributed by atoms with E-state index in [1.807, 2.05) is 6.07 Å². The summed E-state index contributed by atoms with van der Waals surface area (Å²) >= 11 is 0. The van der Waals surface area contributed by atoms with Gasteiger partial charge in [0.05, 0.1) is 24.5 Å². The number of piperidine rings is 1. The van der Waals surface area contributed by atoms with Crippen molar-refractivity contribution in [2.75, 3.05) is 37.6 Å². The molecule has 0 aromatic carbocycles. The lowest BCUT2D eigenvalue weighted by Crippen LogP contribution is -2.47. The molecule has 11 nitrogen and oxygen atoms in total. The average Bonchev–Trinajstić information content (AvgIpc) is 3.62. The summed E-state index contributed by atoms with van der Waals surface area (Å²) in [6.07, 6.45) is 6.11. The first kappa shape index (κ1) is 24.0. The number of aliphatic imine (C=N–C) groups is 2. The number of aliphatic hydroxyl groups excluding tert-OH is 1. The van der Waals surface area contributed by atoms with E-state index < -0.39 is 12.1 Å². The topological polar surface area (TPSA) is 130 Å². The van der Waals surface area contributed by atoms with Crippen LogP contribution < -0.4 is 9.64 Å². The minimum Gasteiger partial charge on any atom is -0.485 e. The highest BCUT2D eigenvalue weighted by atomic mass is 16.5. The number of carbonyl (C=O) groups excluding carboxylic acids is 1. The zero-order valence-electron chi connectivity index (χ0n) is 21.6. The van der Waals surface area contributed by atoms with Gasteiger partial charge in [-0.3, -0.25) is 19.8 Å². The third kappa shape index (κ3) is 4.60. The first-order valence-electron chi connectivity index (χ1n) is 13.0. The molecule has 6 heterocycles. The molecule has 2 aromatic heterocycles. The number of fused-ring (bicyclic) bond motifs is 1. The fourth-order valence-electron chi connectivity index (χ4n) is 5.38. The molecule has 2 saturated heterocycles. The number of pyridine rings is 1. The second kappa shape index (κ2) is 8.90. The van der Waals surface area contributed by atoms with Crippen molar-refractivity contribution in [2.24, 2.45) is 9.98 Å². The highest BCUT2D eigenvalue weighted by molar-refractivity contribution is 6.38. The minimum atomic E-state index is -0.529. The number of rotatable bonds is 3. The molecule has 0 aliphatic carbocycles. The zero-order valence-corrected chi connectivity index (χ0v) is 21.6. The fraction of sp³-hybridized carbons (Fsp3) is 0.615. The first-order valence-corrected chi connectivity index (χ1v) is 13.0. The summed E-state index contributed by atoms with van der Waals surface area (Å²) < 4.78 is 12.0. The number of carbonyl (C=O) groups is 1. The molecule has 1 unspecified atom stereocenters. The van der Waals surface area contributed by atoms with E-state index in [1.165, 1.54) is 0 Å². The molecular formula is C26H33N7O4. The maximum atomic E-state index is 12.7. The number of anilines is 1. The van der Waals surface area contributed by atoms with E-state index in [9.17, 15) is 9.90 Å². The van der Waals surface area contributed by atoms with E-state index in [1.54, 1.807) is 17.3 Å². The Hall–Kier alpha value is -3.34. The van der Waals surface area contributed by atoms with Gasteiger partial charge in [-0.25, -0.2) is 0 Å². The van der Waals surface area contributed by atoms with E-state index in [2.05, 4.69) is 50.8 Å². The SMILES string of the molecule is CC(C)(C)c1noc(N2CCC3(CC2)Cc2cc(C4=NCC(C(=O)N5CC[C@@H](O)C5)N=C4)ncc2O3)n1. The van der Waals surface area contributed by atoms with Gasteiger partial charge in [-0.1, -0.05) is 25.9 Å². The summed E-state index contributed by atoms with van der Waals surface area (Å²) in [4.78, 5) is 34.7. The van der Waals surface area contributed by atoms with Crippen LogP contribution in [0.4, 0.5) is 6.01 Å². The molecule has 0 saturated carbocycles. The molecule has 6 rings (SSSR count). The van der Waals surface area contributed by atoms with Crippen LogP contribution in [0.25, 0.3) is 0 Å². The summed E-state index contributed by atoms with van der Waals surface area (Å²) in [7, 11) is 0. The Morgan fingerprint density at radius 1 is 1.22 bits per heavy atom. The zero-order chi connectivity index (χ0) is 25.8. The molecule has 37 heavy (non-hydrogen) atoms. The largest absolute Gasteiger partial charge is 0.485 e. The van der Waals surface area contributed by atoms with Crippen molar-refractivity contribution in [1.82, 2.24) is 20.0 Å². The van der Waals surface area contributed by atoms with E-state index >= 15 is 0 Å². The van der Waals surface area contributed by atoms with Gasteiger partial charge in [0.1, 0.15) is 23.1 Å². The van der Waals surface area contributed by atoms with Gasteiger partial charge >= 0.3 is 6.01 Å². The van der Waals surface area contributed by atoms with Crippen LogP contribution in [0.2, 0.25) is 0 Å². The van der Waals surface area contributed by atoms with Crippen LogP contribution in [0.1, 0.15) is 57.1 Å². The Bertz CT molecular complexity index is 1260. The van der Waals surface area contributed by atoms with E-state index in [0.29, 0.717) is 43.6 Å². The van der Waals surface area contributed by atoms with Gasteiger partial charge in [-0.05, 0) is 12.5 Å². The third-order valence-corrected chi connectivity index (χ3v) is 7.65. The number of ether oxygens (including phenoxy) is 1. The van der Waals surface area contributed by atoms with Crippen molar-refractivity contribution in [3.63, 3.8) is 0 Å². The predicted octanol–water partition coefficient (Wildman–Crippen LogP) is 1.57. The fourth-order valence-corrected chi connectivity index (χ4v) is 5.38. The second-order valence-electron chi connectivity index (χ2n) is 11.5. The van der Waals surface area contributed by atoms with E-state index in [-0.39, 0.29) is 16.9 Å². The number of likely N-dealkylation sites (tertiary alicyclic amines) is 1. The van der Waals surface area contributed by atoms with Gasteiger partial charge in [0.15, 0.2) is 5.82 Å². The van der Waals surface area contributed by atoms with Gasteiger partial charge in [0.25, 0.3) is 0 Å². The van der Waals surface area contributed by atoms with Crippen LogP contribution in [0.15, 0.2) is 26.8 Å². The highest BCUT2D eigenvalue weighted by Crippen LogP contribution is 2.41. The third-order valence-electron chi connectivity index (χ3n) is 7.65. The Balaban J connectivity index is 1.08. The van der Waals surface area contributed by atoms with Crippen molar-refractivity contribution < 1.29 is 19.2 Å². The standard InChI is InChI=1S/C26H33N7O4/c1-25(2,3)23-30-24(37-31-23)32-8-5-26(6-9-32)11-16-10-18(29-14-21(16)36-26)19-12-28-20(13-27-19)22(35)33-7-4-17(34)15-33/h10,12,14,17,20,34H,4-9,11,13,15H2,1-3H3/t17-,20?/m1/s1. The molecule has 4 aliphatic heterocycles. The number of aromatic nitrogens is 3. The molecule has 196 valence electrons. The molecular weight excluding hydrogens is 474 g/mol. The Morgan fingerprint density at radius 3 is 2.68 bits per heavy atom. The summed E-state index contributed by atoms with van der Waals surface area (Å²) in [5, 5.41) is 13.9. The average molecular weight is 508 g/mol. The molecule has 1 N–H and O–H groups in total. The van der Waals surface area contributed by atoms with Crippen molar-refractivity contribution in [2.45, 2.75) is 69.6 Å². The lowest BCUT2D eigenvalue weighted by Gasteiger charge is -2.37. The smallest absolute Gasteiger partial charge is 0.324 e. The van der Waals surface area contributed by atoms with Gasteiger partial charge < -0.3 is 24.2 Å². The van der Waals surface area contributed by atoms with Crippen LogP contribution in [0.3, 0.4) is 0 Å². The van der Waals surface area contributed by atoms with Crippen LogP contribution in [0.5, 0.6) is 5.75 Å². The van der Waals surface area contributed by atoms with Crippen LogP contribution >= 0.6 is 0 Å². The summed E-state index contributed by atoms with van der Waals surface area (Å²) in [6.45, 7) is 9.01. The van der Waals surface area contributed by atoms with E-state index in [0.717, 1.165) is 49.4 Å². The maximum Gasteiger partial charge on any atom is 0.324 e. The number of hydrogen-bond donors (Lipinski definition) is 1. The molecule has 1 spiro atoms. The normalized spacial score (nSPS) is 24.8. The summed E-state index contributed by atoms with van der Waals surface area (Å²) in [5.41, 5.74) is 2.12. The van der Waals surface area contributed by atoms with Gasteiger partial charge in [0, 0.05) is 62.6 Å². The van der Waals surface area contributed by atoms with Gasteiger partial charge in [0.2, 0.25) is 5.91 Å². The van der Waals surface area contributed by atoms with Crippen LogP contribution in [-0.4, -0.2) is 93.4 Å². The van der Waals surface area contributed by atoms with Gasteiger partial charge in [-0.15, -0.1) is 0 Å². The Morgan fingerprint density at radius 2 is 2.03 bits per heavy atom. The number of nitrogens with zero attached hydrogens (tertiary/aromatic N) is 7. The summed E-state index contributed by atoms with van der Waals surface area (Å²) in [5.74, 6) is 1.46. The Kier molecular flexibility index (Phi) is 5.78. The van der Waals surface area contributed by atoms with E-state index in [4.69, 9.17) is 9.26 Å². The molecule has 4 aliphatic rings. The lowest BCUT2D eigenvalue weighted by atomic mass is 9.87. The number of β-amino-alcohol motifs (C(OH)–C–C–N with tert-alkyl or cyclic N) is 1. The predicted molar refractivity (Wildman–Crippen MR) is 137 cm³/mol. The lowest BCUT2D eigenvalue weighted by molar-refractivity contribution is -0.131.